The van der Waals surface area contributed by atoms with Crippen molar-refractivity contribution in [1.29, 1.82) is 0 Å². The second-order valence-corrected chi connectivity index (χ2v) is 30.9. The molecule has 2 aliphatic carbocycles. The molecule has 0 heterocycles. The standard InChI is InChI=1S/C32H37N3O6SSi.C26H35NO3Si/c1-6-39-31(36)24-21-28(40-42(37,38)25-19-17-23(2)18-20-25)30(34-35-33)29(22-24)41-43(32(3,4)5,26-13-9-7-10-14-26)27-15-11-8-12-16-27;1-6-29-25(28)20-17-19(2)24(27)23(18-20)30-31(26(3,4)5,21-13-9-7-10-14-21)22-15-11-8-12-16-22/h7-21,28-30H,6,22H2,1-5H3;7-17,19,23-24H,6,18,27H2,1-5H3/t28-,29+,30-;19-,23+,24-/m00/s1. The number of carbonyl (C=O) groups is 2. The van der Waals surface area contributed by atoms with Crippen LogP contribution in [0.15, 0.2) is 179 Å². The van der Waals surface area contributed by atoms with Crippen molar-refractivity contribution >= 4 is 59.4 Å². The van der Waals surface area contributed by atoms with Gasteiger partial charge in [0, 0.05) is 34.9 Å². The Bertz CT molecular complexity index is 2810. The summed E-state index contributed by atoms with van der Waals surface area (Å²) in [5, 5.41) is 7.81. The lowest BCUT2D eigenvalue weighted by atomic mass is 9.85. The normalized spacial score (nSPS) is 20.4. The molecule has 0 spiro atoms. The zero-order valence-electron chi connectivity index (χ0n) is 44.3. The molecular weight excluding hydrogens is 985 g/mol. The fourth-order valence-electron chi connectivity index (χ4n) is 10.1. The molecule has 7 rings (SSSR count). The van der Waals surface area contributed by atoms with Crippen LogP contribution in [0.5, 0.6) is 0 Å². The second-order valence-electron chi connectivity index (χ2n) is 20.8. The fourth-order valence-corrected chi connectivity index (χ4v) is 20.6. The van der Waals surface area contributed by atoms with Crippen LogP contribution in [0.4, 0.5) is 0 Å². The molecular formula is C58H72N4O9SSi2. The summed E-state index contributed by atoms with van der Waals surface area (Å²) >= 11 is 0. The molecule has 5 aromatic carbocycles. The van der Waals surface area contributed by atoms with E-state index in [9.17, 15) is 23.5 Å². The highest BCUT2D eigenvalue weighted by molar-refractivity contribution is 7.86. The lowest BCUT2D eigenvalue weighted by Crippen LogP contribution is -2.69. The summed E-state index contributed by atoms with van der Waals surface area (Å²) in [7, 11) is -10.3. The third-order valence-electron chi connectivity index (χ3n) is 13.7. The number of benzene rings is 5. The van der Waals surface area contributed by atoms with Crippen LogP contribution < -0.4 is 26.5 Å². The van der Waals surface area contributed by atoms with Crippen LogP contribution in [0.2, 0.25) is 10.1 Å². The van der Waals surface area contributed by atoms with E-state index in [1.807, 2.05) is 99.6 Å². The van der Waals surface area contributed by atoms with Gasteiger partial charge in [-0.05, 0) is 81.3 Å². The van der Waals surface area contributed by atoms with Gasteiger partial charge in [0.15, 0.2) is 0 Å². The molecule has 13 nitrogen and oxygen atoms in total. The zero-order valence-corrected chi connectivity index (χ0v) is 47.1. The Morgan fingerprint density at radius 1 is 0.635 bits per heavy atom. The highest BCUT2D eigenvalue weighted by Gasteiger charge is 2.55. The molecule has 74 heavy (non-hydrogen) atoms. The third-order valence-corrected chi connectivity index (χ3v) is 25.2. The van der Waals surface area contributed by atoms with E-state index >= 15 is 0 Å². The van der Waals surface area contributed by atoms with Crippen molar-refractivity contribution < 1.29 is 40.5 Å². The number of esters is 2. The van der Waals surface area contributed by atoms with E-state index in [0.717, 1.165) is 15.9 Å². The molecule has 6 atom stereocenters. The summed E-state index contributed by atoms with van der Waals surface area (Å²) in [4.78, 5) is 28.6. The van der Waals surface area contributed by atoms with Crippen LogP contribution in [-0.4, -0.2) is 80.6 Å². The van der Waals surface area contributed by atoms with Crippen LogP contribution >= 0.6 is 0 Å². The number of ether oxygens (including phenoxy) is 2. The summed E-state index contributed by atoms with van der Waals surface area (Å²) in [5.74, 6) is -0.854. The second kappa shape index (κ2) is 24.6. The average molecular weight is 1060 g/mol. The maximum absolute atomic E-state index is 13.4. The average Bonchev–Trinajstić information content (AvgIpc) is 3.37. The number of azide groups is 1. The predicted molar refractivity (Wildman–Crippen MR) is 297 cm³/mol. The molecule has 0 amide bonds. The van der Waals surface area contributed by atoms with Crippen molar-refractivity contribution in [2.45, 2.75) is 127 Å². The minimum atomic E-state index is -4.31. The Morgan fingerprint density at radius 3 is 1.39 bits per heavy atom. The molecule has 2 N–H and O–H groups in total. The van der Waals surface area contributed by atoms with Crippen LogP contribution in [0.3, 0.4) is 0 Å². The lowest BCUT2D eigenvalue weighted by molar-refractivity contribution is -0.140. The van der Waals surface area contributed by atoms with E-state index in [4.69, 9.17) is 28.2 Å². The molecule has 0 saturated heterocycles. The molecule has 0 fully saturated rings. The first-order valence-corrected chi connectivity index (χ1v) is 30.5. The van der Waals surface area contributed by atoms with Crippen LogP contribution in [-0.2, 0) is 42.2 Å². The molecule has 0 bridgehead atoms. The number of nitrogens with zero attached hydrogens (tertiary/aromatic N) is 3. The van der Waals surface area contributed by atoms with Gasteiger partial charge in [0.25, 0.3) is 26.8 Å². The van der Waals surface area contributed by atoms with Gasteiger partial charge < -0.3 is 24.1 Å². The van der Waals surface area contributed by atoms with Crippen LogP contribution in [0, 0.1) is 12.8 Å². The molecule has 0 aliphatic heterocycles. The van der Waals surface area contributed by atoms with Crippen molar-refractivity contribution in [1.82, 2.24) is 0 Å². The third kappa shape index (κ3) is 12.8. The Morgan fingerprint density at radius 2 is 1.01 bits per heavy atom. The van der Waals surface area contributed by atoms with Crippen LogP contribution in [0.25, 0.3) is 10.4 Å². The Labute approximate surface area is 440 Å². The van der Waals surface area contributed by atoms with Gasteiger partial charge in [-0.25, -0.2) is 9.59 Å². The number of rotatable bonds is 16. The maximum atomic E-state index is 13.4. The molecule has 2 aliphatic rings. The minimum absolute atomic E-state index is 0.0244. The topological polar surface area (TPSA) is 189 Å². The summed E-state index contributed by atoms with van der Waals surface area (Å²) in [5.41, 5.74) is 18.1. The van der Waals surface area contributed by atoms with E-state index in [2.05, 4.69) is 100 Å². The molecule has 0 aromatic heterocycles. The van der Waals surface area contributed by atoms with Gasteiger partial charge in [0.05, 0.1) is 36.4 Å². The van der Waals surface area contributed by atoms with E-state index in [1.54, 1.807) is 19.1 Å². The van der Waals surface area contributed by atoms with Gasteiger partial charge in [-0.3, -0.25) is 4.18 Å². The first-order chi connectivity index (χ1) is 35.1. The Hall–Kier alpha value is -5.95. The molecule has 392 valence electrons. The highest BCUT2D eigenvalue weighted by atomic mass is 32.2. The van der Waals surface area contributed by atoms with E-state index in [1.165, 1.54) is 28.6 Å². The molecule has 0 unspecified atom stereocenters. The number of nitrogens with two attached hydrogens (primary N) is 1. The van der Waals surface area contributed by atoms with E-state index < -0.39 is 56.0 Å². The van der Waals surface area contributed by atoms with Crippen molar-refractivity contribution in [3.63, 3.8) is 0 Å². The van der Waals surface area contributed by atoms with Crippen LogP contribution in [0.1, 0.15) is 80.7 Å². The largest absolute Gasteiger partial charge is 0.463 e. The monoisotopic (exact) mass is 1060 g/mol. The first-order valence-electron chi connectivity index (χ1n) is 25.3. The van der Waals surface area contributed by atoms with Crippen molar-refractivity contribution in [3.8, 4) is 0 Å². The van der Waals surface area contributed by atoms with E-state index in [-0.39, 0.29) is 52.6 Å². The number of carbonyl (C=O) groups excluding carboxylic acids is 2. The zero-order chi connectivity index (χ0) is 53.9. The van der Waals surface area contributed by atoms with Crippen molar-refractivity contribution in [3.05, 3.63) is 185 Å². The first kappa shape index (κ1) is 57.3. The van der Waals surface area contributed by atoms with E-state index in [0.29, 0.717) is 18.6 Å². The maximum Gasteiger partial charge on any atom is 0.333 e. The van der Waals surface area contributed by atoms with Gasteiger partial charge in [0.2, 0.25) is 0 Å². The summed E-state index contributed by atoms with van der Waals surface area (Å²) in [6.07, 6.45) is 1.34. The summed E-state index contributed by atoms with van der Waals surface area (Å²) < 4.78 is 57.6. The molecule has 16 heteroatoms. The Kier molecular flexibility index (Phi) is 19.1. The van der Waals surface area contributed by atoms with Crippen molar-refractivity contribution in [2.75, 3.05) is 13.2 Å². The van der Waals surface area contributed by atoms with Gasteiger partial charge in [-0.2, -0.15) is 8.42 Å². The highest BCUT2D eigenvalue weighted by Crippen LogP contribution is 2.42. The fraction of sp³-hybridized carbons (Fsp3) is 0.379. The van der Waals surface area contributed by atoms with Gasteiger partial charge in [-0.15, -0.1) is 0 Å². The molecule has 5 aromatic rings. The quantitative estimate of drug-likeness (QED) is 0.0249. The number of aryl methyl sites for hydroxylation is 1. The number of hydrogen-bond acceptors (Lipinski definition) is 11. The summed E-state index contributed by atoms with van der Waals surface area (Å²) in [6.45, 7) is 20.9. The van der Waals surface area contributed by atoms with Crippen molar-refractivity contribution in [2.24, 2.45) is 16.8 Å². The molecule has 0 saturated carbocycles. The SMILES string of the molecule is CCOC(=O)C1=C[C@H](C)[C@H](N)[C@H](O[Si](c2ccccc2)(c2ccccc2)C(C)(C)C)C1.CCOC(=O)C1=C[C@H](OS(=O)(=O)c2ccc(C)cc2)[C@H](N=[N+]=[N-])[C@H](O[Si](c2ccccc2)(c2ccccc2)C(C)(C)C)C1. The minimum Gasteiger partial charge on any atom is -0.463 e. The summed E-state index contributed by atoms with van der Waals surface area (Å²) in [6, 6.07) is 45.7. The number of hydrogen-bond donors (Lipinski definition) is 1. The molecule has 0 radical (unpaired) electrons. The smallest absolute Gasteiger partial charge is 0.333 e. The van der Waals surface area contributed by atoms with Gasteiger partial charge in [-0.1, -0.05) is 199 Å². The predicted octanol–water partition coefficient (Wildman–Crippen LogP) is 9.37. The van der Waals surface area contributed by atoms with Gasteiger partial charge >= 0.3 is 11.9 Å². The lowest BCUT2D eigenvalue weighted by Gasteiger charge is -2.47. The Balaban J connectivity index is 0.000000254. The van der Waals surface area contributed by atoms with Gasteiger partial charge in [0.1, 0.15) is 6.10 Å².